The lowest BCUT2D eigenvalue weighted by molar-refractivity contribution is 0.208. The van der Waals surface area contributed by atoms with Gasteiger partial charge in [-0.25, -0.2) is 14.2 Å². The molecule has 0 saturated carbocycles. The number of hydrogen-bond acceptors (Lipinski definition) is 3. The van der Waals surface area contributed by atoms with E-state index in [1.165, 1.54) is 18.2 Å². The number of amides is 2. The molecule has 152 valence electrons. The molecule has 1 aliphatic rings. The molecule has 2 amide bonds. The minimum Gasteiger partial charge on any atom is -0.351 e. The average molecular weight is 424 g/mol. The number of halogens is 2. The first-order valence-corrected chi connectivity index (χ1v) is 10.1. The van der Waals surface area contributed by atoms with Gasteiger partial charge in [-0.1, -0.05) is 23.7 Å². The number of benzene rings is 2. The van der Waals surface area contributed by atoms with E-state index in [-0.39, 0.29) is 11.1 Å². The van der Waals surface area contributed by atoms with Gasteiger partial charge in [0.1, 0.15) is 5.82 Å². The molecule has 0 unspecified atom stereocenters. The lowest BCUT2D eigenvalue weighted by Gasteiger charge is -2.35. The molecule has 0 bridgehead atoms. The summed E-state index contributed by atoms with van der Waals surface area (Å²) in [6.45, 7) is 2.46. The van der Waals surface area contributed by atoms with E-state index in [1.54, 1.807) is 4.90 Å². The minimum atomic E-state index is -0.511. The van der Waals surface area contributed by atoms with Gasteiger partial charge in [-0.2, -0.15) is 0 Å². The maximum Gasteiger partial charge on any atom is 0.321 e. The monoisotopic (exact) mass is 423 g/mol. The Kier molecular flexibility index (Phi) is 4.67. The lowest BCUT2D eigenvalue weighted by atomic mass is 10.2. The summed E-state index contributed by atoms with van der Waals surface area (Å²) < 4.78 is 15.5. The number of fused-ring (bicyclic) bond motifs is 3. The van der Waals surface area contributed by atoms with Crippen molar-refractivity contribution < 1.29 is 9.18 Å². The number of hydrogen-bond donors (Lipinski definition) is 1. The zero-order valence-corrected chi connectivity index (χ0v) is 16.8. The standard InChI is InChI=1S/C22H19ClFN5O/c23-16-14-15(7-8-17(16)24)25-22(30)28-12-10-27(11-13-28)21-20-6-3-9-29(20)19-5-2-1-4-18(19)26-21/h1-9,14H,10-13H2,(H,25,30). The molecule has 0 spiro atoms. The van der Waals surface area contributed by atoms with Crippen LogP contribution in [0.4, 0.5) is 20.7 Å². The number of carbonyl (C=O) groups excluding carboxylic acids is 1. The van der Waals surface area contributed by atoms with Crippen molar-refractivity contribution in [2.24, 2.45) is 0 Å². The molecule has 1 N–H and O–H groups in total. The zero-order valence-electron chi connectivity index (χ0n) is 16.1. The molecule has 3 heterocycles. The van der Waals surface area contributed by atoms with E-state index in [2.05, 4.69) is 26.8 Å². The molecular formula is C22H19ClFN5O. The molecule has 1 fully saturated rings. The number of nitrogens with zero attached hydrogens (tertiary/aromatic N) is 4. The summed E-state index contributed by atoms with van der Waals surface area (Å²) in [5, 5.41) is 2.76. The molecule has 2 aromatic heterocycles. The molecular weight excluding hydrogens is 405 g/mol. The van der Waals surface area contributed by atoms with Crippen molar-refractivity contribution in [3.05, 3.63) is 71.6 Å². The SMILES string of the molecule is O=C(Nc1ccc(F)c(Cl)c1)N1CCN(c2nc3ccccc3n3cccc23)CC1. The second-order valence-corrected chi connectivity index (χ2v) is 7.63. The molecule has 0 aliphatic carbocycles. The van der Waals surface area contributed by atoms with Crippen LogP contribution in [0.25, 0.3) is 16.6 Å². The van der Waals surface area contributed by atoms with Crippen LogP contribution in [0.3, 0.4) is 0 Å². The third kappa shape index (κ3) is 3.31. The van der Waals surface area contributed by atoms with Crippen molar-refractivity contribution in [2.45, 2.75) is 0 Å². The van der Waals surface area contributed by atoms with Gasteiger partial charge in [-0.05, 0) is 42.5 Å². The Hall–Kier alpha value is -3.32. The maximum absolute atomic E-state index is 13.3. The molecule has 8 heteroatoms. The van der Waals surface area contributed by atoms with Crippen LogP contribution in [0.2, 0.25) is 5.02 Å². The lowest BCUT2D eigenvalue weighted by Crippen LogP contribution is -2.50. The van der Waals surface area contributed by atoms with Crippen molar-refractivity contribution in [3.63, 3.8) is 0 Å². The van der Waals surface area contributed by atoms with Gasteiger partial charge >= 0.3 is 6.03 Å². The fraction of sp³-hybridized carbons (Fsp3) is 0.182. The highest BCUT2D eigenvalue weighted by Gasteiger charge is 2.24. The number of piperazine rings is 1. The highest BCUT2D eigenvalue weighted by atomic mass is 35.5. The van der Waals surface area contributed by atoms with Crippen molar-refractivity contribution in [1.82, 2.24) is 14.3 Å². The van der Waals surface area contributed by atoms with Crippen LogP contribution in [-0.2, 0) is 0 Å². The van der Waals surface area contributed by atoms with E-state index in [0.29, 0.717) is 31.9 Å². The van der Waals surface area contributed by atoms with Gasteiger partial charge in [0, 0.05) is 38.1 Å². The summed E-state index contributed by atoms with van der Waals surface area (Å²) in [5.41, 5.74) is 3.52. The van der Waals surface area contributed by atoms with Gasteiger partial charge in [0.05, 0.1) is 21.6 Å². The van der Waals surface area contributed by atoms with Crippen LogP contribution in [0.5, 0.6) is 0 Å². The van der Waals surface area contributed by atoms with Gasteiger partial charge in [-0.3, -0.25) is 0 Å². The molecule has 0 radical (unpaired) electrons. The van der Waals surface area contributed by atoms with Crippen LogP contribution >= 0.6 is 11.6 Å². The molecule has 2 aromatic carbocycles. The number of para-hydroxylation sites is 2. The maximum atomic E-state index is 13.3. The van der Waals surface area contributed by atoms with E-state index in [9.17, 15) is 9.18 Å². The van der Waals surface area contributed by atoms with Crippen molar-refractivity contribution in [2.75, 3.05) is 36.4 Å². The summed E-state index contributed by atoms with van der Waals surface area (Å²) >= 11 is 5.79. The van der Waals surface area contributed by atoms with Crippen LogP contribution < -0.4 is 10.2 Å². The molecule has 1 aliphatic heterocycles. The summed E-state index contributed by atoms with van der Waals surface area (Å²) in [4.78, 5) is 21.4. The Bertz CT molecular complexity index is 1250. The first-order valence-electron chi connectivity index (χ1n) is 9.72. The summed E-state index contributed by atoms with van der Waals surface area (Å²) in [7, 11) is 0. The number of anilines is 2. The third-order valence-corrected chi connectivity index (χ3v) is 5.67. The quantitative estimate of drug-likeness (QED) is 0.511. The number of urea groups is 1. The number of nitrogens with one attached hydrogen (secondary N) is 1. The topological polar surface area (TPSA) is 52.9 Å². The highest BCUT2D eigenvalue weighted by Crippen LogP contribution is 2.26. The molecule has 6 nitrogen and oxygen atoms in total. The smallest absolute Gasteiger partial charge is 0.321 e. The second kappa shape index (κ2) is 7.50. The first-order chi connectivity index (χ1) is 14.6. The van der Waals surface area contributed by atoms with Gasteiger partial charge in [0.15, 0.2) is 5.82 Å². The predicted molar refractivity (Wildman–Crippen MR) is 117 cm³/mol. The summed E-state index contributed by atoms with van der Waals surface area (Å²) in [5.74, 6) is 0.409. The Morgan fingerprint density at radius 1 is 1.00 bits per heavy atom. The highest BCUT2D eigenvalue weighted by molar-refractivity contribution is 6.31. The Morgan fingerprint density at radius 2 is 1.77 bits per heavy atom. The van der Waals surface area contributed by atoms with E-state index in [1.807, 2.05) is 30.5 Å². The van der Waals surface area contributed by atoms with Crippen LogP contribution in [0.1, 0.15) is 0 Å². The van der Waals surface area contributed by atoms with E-state index < -0.39 is 5.82 Å². The number of carbonyl (C=O) groups is 1. The first kappa shape index (κ1) is 18.7. The molecule has 30 heavy (non-hydrogen) atoms. The molecule has 1 saturated heterocycles. The van der Waals surface area contributed by atoms with Gasteiger partial charge in [0.25, 0.3) is 0 Å². The Morgan fingerprint density at radius 3 is 2.57 bits per heavy atom. The summed E-state index contributed by atoms with van der Waals surface area (Å²) in [6.07, 6.45) is 2.04. The average Bonchev–Trinajstić information content (AvgIpc) is 3.26. The normalized spacial score (nSPS) is 14.5. The van der Waals surface area contributed by atoms with E-state index in [0.717, 1.165) is 22.4 Å². The van der Waals surface area contributed by atoms with Crippen LogP contribution in [0, 0.1) is 5.82 Å². The fourth-order valence-electron chi connectivity index (χ4n) is 3.84. The molecule has 4 aromatic rings. The van der Waals surface area contributed by atoms with Gasteiger partial charge < -0.3 is 19.5 Å². The largest absolute Gasteiger partial charge is 0.351 e. The van der Waals surface area contributed by atoms with Crippen molar-refractivity contribution in [1.29, 1.82) is 0 Å². The van der Waals surface area contributed by atoms with E-state index >= 15 is 0 Å². The van der Waals surface area contributed by atoms with Gasteiger partial charge in [0.2, 0.25) is 0 Å². The molecule has 0 atom stereocenters. The second-order valence-electron chi connectivity index (χ2n) is 7.22. The number of rotatable bonds is 2. The predicted octanol–water partition coefficient (Wildman–Crippen LogP) is 4.63. The van der Waals surface area contributed by atoms with Crippen LogP contribution in [0.15, 0.2) is 60.8 Å². The van der Waals surface area contributed by atoms with Crippen molar-refractivity contribution >= 4 is 45.7 Å². The summed E-state index contributed by atoms with van der Waals surface area (Å²) in [6, 6.07) is 16.1. The Labute approximate surface area is 177 Å². The number of aromatic nitrogens is 2. The van der Waals surface area contributed by atoms with Crippen molar-refractivity contribution in [3.8, 4) is 0 Å². The third-order valence-electron chi connectivity index (χ3n) is 5.38. The minimum absolute atomic E-state index is 0.0174. The van der Waals surface area contributed by atoms with Gasteiger partial charge in [-0.15, -0.1) is 0 Å². The Balaban J connectivity index is 1.32. The zero-order chi connectivity index (χ0) is 20.7. The fourth-order valence-corrected chi connectivity index (χ4v) is 4.02. The molecule has 5 rings (SSSR count). The van der Waals surface area contributed by atoms with Crippen LogP contribution in [-0.4, -0.2) is 46.5 Å². The van der Waals surface area contributed by atoms with E-state index in [4.69, 9.17) is 16.6 Å².